The molecule has 6 nitrogen and oxygen atoms in total. The lowest BCUT2D eigenvalue weighted by atomic mass is 10.2. The lowest BCUT2D eigenvalue weighted by Gasteiger charge is -2.08. The molecule has 0 saturated carbocycles. The summed E-state index contributed by atoms with van der Waals surface area (Å²) in [6, 6.07) is 4.96. The third-order valence-electron chi connectivity index (χ3n) is 3.40. The number of ether oxygens (including phenoxy) is 1. The zero-order chi connectivity index (χ0) is 19.1. The first-order valence-corrected chi connectivity index (χ1v) is 9.48. The fourth-order valence-electron chi connectivity index (χ4n) is 2.12. The van der Waals surface area contributed by atoms with Crippen LogP contribution in [0, 0.1) is 6.92 Å². The smallest absolute Gasteiger partial charge is 0.303 e. The number of rotatable bonds is 9. The lowest BCUT2D eigenvalue weighted by molar-refractivity contribution is -0.136. The molecule has 0 atom stereocenters. The largest absolute Gasteiger partial charge is 0.492 e. The Morgan fingerprint density at radius 2 is 2.08 bits per heavy atom. The lowest BCUT2D eigenvalue weighted by Crippen LogP contribution is -2.12. The van der Waals surface area contributed by atoms with E-state index in [2.05, 4.69) is 10.3 Å². The highest BCUT2D eigenvalue weighted by atomic mass is 35.5. The third kappa shape index (κ3) is 6.48. The van der Waals surface area contributed by atoms with Crippen LogP contribution in [0.1, 0.15) is 29.8 Å². The summed E-state index contributed by atoms with van der Waals surface area (Å²) < 4.78 is 5.53. The Bertz CT molecular complexity index is 795. The Morgan fingerprint density at radius 3 is 2.77 bits per heavy atom. The van der Waals surface area contributed by atoms with Crippen molar-refractivity contribution in [2.24, 2.45) is 0 Å². The first kappa shape index (κ1) is 20.5. The van der Waals surface area contributed by atoms with Crippen LogP contribution in [-0.2, 0) is 16.0 Å². The maximum atomic E-state index is 12.0. The van der Waals surface area contributed by atoms with Gasteiger partial charge in [0.05, 0.1) is 23.7 Å². The van der Waals surface area contributed by atoms with Crippen molar-refractivity contribution in [3.05, 3.63) is 38.8 Å². The molecular formula is C17H18Cl2N2O4S. The number of carboxylic acid groups (broad SMARTS) is 1. The topological polar surface area (TPSA) is 88.5 Å². The molecule has 0 bridgehead atoms. The number of aryl methyl sites for hydroxylation is 2. The van der Waals surface area contributed by atoms with Crippen molar-refractivity contribution >= 4 is 51.5 Å². The Balaban J connectivity index is 1.75. The summed E-state index contributed by atoms with van der Waals surface area (Å²) in [5, 5.41) is 12.9. The molecule has 0 aliphatic carbocycles. The van der Waals surface area contributed by atoms with E-state index in [1.165, 1.54) is 11.3 Å². The van der Waals surface area contributed by atoms with Gasteiger partial charge in [0.15, 0.2) is 5.13 Å². The van der Waals surface area contributed by atoms with Gasteiger partial charge in [0.25, 0.3) is 0 Å². The molecule has 0 aliphatic rings. The molecule has 2 N–H and O–H groups in total. The second-order valence-electron chi connectivity index (χ2n) is 5.50. The molecule has 1 aromatic heterocycles. The highest BCUT2D eigenvalue weighted by Gasteiger charge is 2.12. The van der Waals surface area contributed by atoms with Crippen LogP contribution < -0.4 is 10.1 Å². The van der Waals surface area contributed by atoms with E-state index in [0.717, 1.165) is 10.6 Å². The highest BCUT2D eigenvalue weighted by Crippen LogP contribution is 2.27. The summed E-state index contributed by atoms with van der Waals surface area (Å²) in [6.07, 6.45) is 1.24. The predicted octanol–water partition coefficient (Wildman–Crippen LogP) is 4.57. The molecule has 0 fully saturated rings. The maximum absolute atomic E-state index is 12.0. The van der Waals surface area contributed by atoms with Gasteiger partial charge in [0, 0.05) is 16.3 Å². The van der Waals surface area contributed by atoms with Crippen LogP contribution in [0.15, 0.2) is 18.2 Å². The van der Waals surface area contributed by atoms with E-state index < -0.39 is 5.97 Å². The second kappa shape index (κ2) is 9.75. The van der Waals surface area contributed by atoms with Crippen LogP contribution in [0.5, 0.6) is 5.75 Å². The van der Waals surface area contributed by atoms with Gasteiger partial charge in [0.2, 0.25) is 5.91 Å². The number of aliphatic carboxylic acids is 1. The first-order valence-electron chi connectivity index (χ1n) is 7.91. The fourth-order valence-corrected chi connectivity index (χ4v) is 3.56. The Kier molecular flexibility index (Phi) is 7.68. The molecule has 0 unspecified atom stereocenters. The summed E-state index contributed by atoms with van der Waals surface area (Å²) in [5.41, 5.74) is 0.743. The van der Waals surface area contributed by atoms with Gasteiger partial charge in [-0.15, -0.1) is 11.3 Å². The molecule has 1 amide bonds. The number of carbonyl (C=O) groups excluding carboxylic acids is 1. The summed E-state index contributed by atoms with van der Waals surface area (Å²) in [7, 11) is 0. The van der Waals surface area contributed by atoms with Crippen molar-refractivity contribution in [1.82, 2.24) is 4.98 Å². The quantitative estimate of drug-likeness (QED) is 0.584. The van der Waals surface area contributed by atoms with Crippen molar-refractivity contribution < 1.29 is 19.4 Å². The van der Waals surface area contributed by atoms with E-state index in [1.54, 1.807) is 25.1 Å². The third-order valence-corrected chi connectivity index (χ3v) is 5.07. The van der Waals surface area contributed by atoms with Crippen molar-refractivity contribution in [2.75, 3.05) is 11.9 Å². The van der Waals surface area contributed by atoms with Gasteiger partial charge in [0.1, 0.15) is 5.75 Å². The van der Waals surface area contributed by atoms with E-state index in [0.29, 0.717) is 40.4 Å². The minimum Gasteiger partial charge on any atom is -0.492 e. The van der Waals surface area contributed by atoms with Crippen molar-refractivity contribution in [1.29, 1.82) is 0 Å². The molecule has 26 heavy (non-hydrogen) atoms. The number of thiazole rings is 1. The van der Waals surface area contributed by atoms with Crippen LogP contribution in [-0.4, -0.2) is 28.6 Å². The number of halogens is 2. The zero-order valence-electron chi connectivity index (χ0n) is 14.1. The predicted molar refractivity (Wildman–Crippen MR) is 103 cm³/mol. The SMILES string of the molecule is Cc1nc(NC(=O)CCCOc2ccc(Cl)cc2Cl)sc1CCC(=O)O. The Morgan fingerprint density at radius 1 is 1.31 bits per heavy atom. The number of hydrogen-bond donors (Lipinski definition) is 2. The number of anilines is 1. The Hall–Kier alpha value is -1.83. The average Bonchev–Trinajstić information content (AvgIpc) is 2.90. The first-order chi connectivity index (χ1) is 12.3. The van der Waals surface area contributed by atoms with Crippen LogP contribution in [0.25, 0.3) is 0 Å². The average molecular weight is 417 g/mol. The molecule has 9 heteroatoms. The van der Waals surface area contributed by atoms with Crippen molar-refractivity contribution in [2.45, 2.75) is 32.6 Å². The molecular weight excluding hydrogens is 399 g/mol. The molecule has 0 saturated heterocycles. The molecule has 140 valence electrons. The molecule has 0 spiro atoms. The highest BCUT2D eigenvalue weighted by molar-refractivity contribution is 7.15. The monoisotopic (exact) mass is 416 g/mol. The number of amides is 1. The summed E-state index contributed by atoms with van der Waals surface area (Å²) in [6.45, 7) is 2.14. The molecule has 0 aliphatic heterocycles. The molecule has 2 rings (SSSR count). The van der Waals surface area contributed by atoms with Gasteiger partial charge in [-0.3, -0.25) is 9.59 Å². The zero-order valence-corrected chi connectivity index (χ0v) is 16.4. The number of nitrogens with zero attached hydrogens (tertiary/aromatic N) is 1. The van der Waals surface area contributed by atoms with Gasteiger partial charge in [-0.25, -0.2) is 4.98 Å². The van der Waals surface area contributed by atoms with E-state index in [-0.39, 0.29) is 18.7 Å². The van der Waals surface area contributed by atoms with E-state index in [4.69, 9.17) is 33.0 Å². The van der Waals surface area contributed by atoms with Crippen LogP contribution >= 0.6 is 34.5 Å². The number of aromatic nitrogens is 1. The van der Waals surface area contributed by atoms with E-state index in [9.17, 15) is 9.59 Å². The molecule has 1 aromatic carbocycles. The maximum Gasteiger partial charge on any atom is 0.303 e. The van der Waals surface area contributed by atoms with Crippen LogP contribution in [0.4, 0.5) is 5.13 Å². The van der Waals surface area contributed by atoms with Crippen molar-refractivity contribution in [3.8, 4) is 5.75 Å². The minimum absolute atomic E-state index is 0.0427. The summed E-state index contributed by atoms with van der Waals surface area (Å²) in [5.74, 6) is -0.506. The minimum atomic E-state index is -0.857. The van der Waals surface area contributed by atoms with Crippen LogP contribution in [0.3, 0.4) is 0 Å². The second-order valence-corrected chi connectivity index (χ2v) is 7.42. The van der Waals surface area contributed by atoms with Gasteiger partial charge < -0.3 is 15.2 Å². The summed E-state index contributed by atoms with van der Waals surface area (Å²) in [4.78, 5) is 27.7. The Labute approximate surface area is 165 Å². The molecule has 0 radical (unpaired) electrons. The standard InChI is InChI=1S/C17H18Cl2N2O4S/c1-10-14(6-7-16(23)24)26-17(20-10)21-15(22)3-2-8-25-13-5-4-11(18)9-12(13)19/h4-5,9H,2-3,6-8H2,1H3,(H,23,24)(H,20,21,22). The van der Waals surface area contributed by atoms with Gasteiger partial charge in [-0.1, -0.05) is 23.2 Å². The number of hydrogen-bond acceptors (Lipinski definition) is 5. The molecule has 1 heterocycles. The number of carbonyl (C=O) groups is 2. The van der Waals surface area contributed by atoms with E-state index >= 15 is 0 Å². The van der Waals surface area contributed by atoms with Gasteiger partial charge in [-0.05, 0) is 38.0 Å². The number of benzene rings is 1. The van der Waals surface area contributed by atoms with E-state index in [1.807, 2.05) is 0 Å². The number of carboxylic acids is 1. The van der Waals surface area contributed by atoms with Crippen molar-refractivity contribution in [3.63, 3.8) is 0 Å². The van der Waals surface area contributed by atoms with Gasteiger partial charge >= 0.3 is 5.97 Å². The fraction of sp³-hybridized carbons (Fsp3) is 0.353. The number of nitrogens with one attached hydrogen (secondary N) is 1. The van der Waals surface area contributed by atoms with Crippen LogP contribution in [0.2, 0.25) is 10.0 Å². The summed E-state index contributed by atoms with van der Waals surface area (Å²) >= 11 is 13.1. The van der Waals surface area contributed by atoms with Gasteiger partial charge in [-0.2, -0.15) is 0 Å². The normalized spacial score (nSPS) is 10.6. The molecule has 2 aromatic rings.